The first-order valence-corrected chi connectivity index (χ1v) is 9.34. The van der Waals surface area contributed by atoms with Crippen molar-refractivity contribution in [2.75, 3.05) is 26.2 Å². The van der Waals surface area contributed by atoms with Crippen LogP contribution in [0.1, 0.15) is 25.7 Å². The fraction of sp³-hybridized carbons (Fsp3) is 0.571. The number of rotatable bonds is 6. The zero-order valence-corrected chi connectivity index (χ0v) is 13.9. The Hall–Kier alpha value is -0.430. The molecule has 6 heteroatoms. The zero-order valence-electron chi connectivity index (χ0n) is 11.5. The second-order valence-electron chi connectivity index (χ2n) is 5.08. The Morgan fingerprint density at radius 1 is 1.15 bits per heavy atom. The molecule has 1 aromatic carbocycles. The molecule has 1 saturated heterocycles. The number of likely N-dealkylation sites (tertiary alicyclic amines) is 1. The number of halogens is 1. The Morgan fingerprint density at radius 2 is 1.85 bits per heavy atom. The van der Waals surface area contributed by atoms with Crippen LogP contribution in [0.5, 0.6) is 0 Å². The van der Waals surface area contributed by atoms with Crippen molar-refractivity contribution in [3.05, 3.63) is 28.7 Å². The molecule has 4 nitrogen and oxygen atoms in total. The van der Waals surface area contributed by atoms with E-state index in [0.717, 1.165) is 26.1 Å². The van der Waals surface area contributed by atoms with Gasteiger partial charge in [-0.15, -0.1) is 0 Å². The summed E-state index contributed by atoms with van der Waals surface area (Å²) in [5.74, 6) is 0. The normalized spacial score (nSPS) is 17.2. The predicted octanol–water partition coefficient (Wildman–Crippen LogP) is 2.60. The van der Waals surface area contributed by atoms with Crippen LogP contribution >= 0.6 is 15.9 Å². The van der Waals surface area contributed by atoms with Crippen molar-refractivity contribution < 1.29 is 8.42 Å². The second-order valence-corrected chi connectivity index (χ2v) is 7.67. The molecule has 1 aliphatic rings. The average molecular weight is 361 g/mol. The maximum atomic E-state index is 12.1. The second kappa shape index (κ2) is 7.54. The molecule has 0 saturated carbocycles. The lowest BCUT2D eigenvalue weighted by atomic mass is 10.1. The first kappa shape index (κ1) is 15.9. The van der Waals surface area contributed by atoms with Crippen LogP contribution in [0.25, 0.3) is 0 Å². The van der Waals surface area contributed by atoms with Crippen molar-refractivity contribution in [1.82, 2.24) is 9.62 Å². The van der Waals surface area contributed by atoms with Crippen molar-refractivity contribution >= 4 is 26.0 Å². The molecule has 0 amide bonds. The monoisotopic (exact) mass is 360 g/mol. The van der Waals surface area contributed by atoms with E-state index < -0.39 is 10.0 Å². The molecule has 0 unspecified atom stereocenters. The van der Waals surface area contributed by atoms with Gasteiger partial charge in [-0.05, 0) is 67.0 Å². The highest BCUT2D eigenvalue weighted by Crippen LogP contribution is 2.20. The van der Waals surface area contributed by atoms with Crippen LogP contribution in [0.15, 0.2) is 33.6 Å². The summed E-state index contributed by atoms with van der Waals surface area (Å²) in [5.41, 5.74) is 0. The number of piperidine rings is 1. The molecule has 0 atom stereocenters. The van der Waals surface area contributed by atoms with Gasteiger partial charge < -0.3 is 4.90 Å². The SMILES string of the molecule is O=S(=O)(NCCCN1CCCCC1)c1ccccc1Br. The number of hydrogen-bond acceptors (Lipinski definition) is 3. The van der Waals surface area contributed by atoms with Crippen LogP contribution < -0.4 is 4.72 Å². The Kier molecular flexibility index (Phi) is 6.01. The maximum Gasteiger partial charge on any atom is 0.241 e. The van der Waals surface area contributed by atoms with Crippen LogP contribution in [-0.4, -0.2) is 39.5 Å². The van der Waals surface area contributed by atoms with Crippen LogP contribution in [0.2, 0.25) is 0 Å². The molecule has 0 spiro atoms. The Bertz CT molecular complexity index is 528. The van der Waals surface area contributed by atoms with Crippen LogP contribution in [-0.2, 0) is 10.0 Å². The van der Waals surface area contributed by atoms with E-state index in [-0.39, 0.29) is 0 Å². The van der Waals surface area contributed by atoms with E-state index in [1.54, 1.807) is 24.3 Å². The van der Waals surface area contributed by atoms with Gasteiger partial charge in [0.1, 0.15) is 0 Å². The van der Waals surface area contributed by atoms with E-state index in [1.165, 1.54) is 19.3 Å². The fourth-order valence-corrected chi connectivity index (χ4v) is 4.51. The molecule has 0 bridgehead atoms. The lowest BCUT2D eigenvalue weighted by Gasteiger charge is -2.26. The van der Waals surface area contributed by atoms with Gasteiger partial charge in [0.25, 0.3) is 0 Å². The van der Waals surface area contributed by atoms with Gasteiger partial charge in [-0.3, -0.25) is 0 Å². The van der Waals surface area contributed by atoms with Crippen LogP contribution in [0, 0.1) is 0 Å². The molecule has 1 aliphatic heterocycles. The van der Waals surface area contributed by atoms with Gasteiger partial charge in [-0.2, -0.15) is 0 Å². The van der Waals surface area contributed by atoms with Crippen molar-refractivity contribution in [2.24, 2.45) is 0 Å². The highest BCUT2D eigenvalue weighted by atomic mass is 79.9. The van der Waals surface area contributed by atoms with E-state index in [4.69, 9.17) is 0 Å². The number of nitrogens with zero attached hydrogens (tertiary/aromatic N) is 1. The lowest BCUT2D eigenvalue weighted by molar-refractivity contribution is 0.227. The molecule has 20 heavy (non-hydrogen) atoms. The maximum absolute atomic E-state index is 12.1. The fourth-order valence-electron chi connectivity index (χ4n) is 2.43. The number of hydrogen-bond donors (Lipinski definition) is 1. The van der Waals surface area contributed by atoms with Gasteiger partial charge in [-0.25, -0.2) is 13.1 Å². The first-order chi connectivity index (χ1) is 9.59. The summed E-state index contributed by atoms with van der Waals surface area (Å²) in [7, 11) is -3.41. The molecule has 1 aromatic rings. The summed E-state index contributed by atoms with van der Waals surface area (Å²) in [6.07, 6.45) is 4.71. The largest absolute Gasteiger partial charge is 0.303 e. The summed E-state index contributed by atoms with van der Waals surface area (Å²) >= 11 is 3.28. The van der Waals surface area contributed by atoms with E-state index in [2.05, 4.69) is 25.6 Å². The molecule has 0 aromatic heterocycles. The molecule has 1 heterocycles. The van der Waals surface area contributed by atoms with Crippen LogP contribution in [0.4, 0.5) is 0 Å². The Morgan fingerprint density at radius 3 is 2.55 bits per heavy atom. The average Bonchev–Trinajstić information content (AvgIpc) is 2.45. The minimum atomic E-state index is -3.41. The Balaban J connectivity index is 1.79. The molecule has 112 valence electrons. The van der Waals surface area contributed by atoms with Gasteiger partial charge in [0, 0.05) is 11.0 Å². The van der Waals surface area contributed by atoms with E-state index in [1.807, 2.05) is 0 Å². The minimum absolute atomic E-state index is 0.304. The molecular formula is C14H21BrN2O2S. The highest BCUT2D eigenvalue weighted by molar-refractivity contribution is 9.10. The van der Waals surface area contributed by atoms with Gasteiger partial charge in [0.05, 0.1) is 4.90 Å². The van der Waals surface area contributed by atoms with E-state index >= 15 is 0 Å². The number of nitrogens with one attached hydrogen (secondary N) is 1. The third-order valence-corrected chi connectivity index (χ3v) is 5.99. The lowest BCUT2D eigenvalue weighted by Crippen LogP contribution is -2.33. The molecular weight excluding hydrogens is 340 g/mol. The molecule has 1 fully saturated rings. The summed E-state index contributed by atoms with van der Waals surface area (Å²) in [5, 5.41) is 0. The first-order valence-electron chi connectivity index (χ1n) is 7.06. The zero-order chi connectivity index (χ0) is 14.4. The van der Waals surface area contributed by atoms with E-state index in [0.29, 0.717) is 15.9 Å². The minimum Gasteiger partial charge on any atom is -0.303 e. The quantitative estimate of drug-likeness (QED) is 0.793. The topological polar surface area (TPSA) is 49.4 Å². The molecule has 0 aliphatic carbocycles. The van der Waals surface area contributed by atoms with E-state index in [9.17, 15) is 8.42 Å². The Labute approximate surface area is 129 Å². The third kappa shape index (κ3) is 4.55. The smallest absolute Gasteiger partial charge is 0.241 e. The highest BCUT2D eigenvalue weighted by Gasteiger charge is 2.16. The van der Waals surface area contributed by atoms with Gasteiger partial charge >= 0.3 is 0 Å². The molecule has 2 rings (SSSR count). The standard InChI is InChI=1S/C14H21BrN2O2S/c15-13-7-2-3-8-14(13)20(18,19)16-9-6-12-17-10-4-1-5-11-17/h2-3,7-8,16H,1,4-6,9-12H2. The molecule has 0 radical (unpaired) electrons. The summed E-state index contributed by atoms with van der Waals surface area (Å²) < 4.78 is 27.6. The van der Waals surface area contributed by atoms with Crippen molar-refractivity contribution in [2.45, 2.75) is 30.6 Å². The van der Waals surface area contributed by atoms with Gasteiger partial charge in [-0.1, -0.05) is 18.6 Å². The van der Waals surface area contributed by atoms with Crippen molar-refractivity contribution in [1.29, 1.82) is 0 Å². The van der Waals surface area contributed by atoms with Gasteiger partial charge in [0.15, 0.2) is 0 Å². The molecule has 1 N–H and O–H groups in total. The predicted molar refractivity (Wildman–Crippen MR) is 84.2 cm³/mol. The number of sulfonamides is 1. The third-order valence-electron chi connectivity index (χ3n) is 3.52. The summed E-state index contributed by atoms with van der Waals surface area (Å²) in [4.78, 5) is 2.72. The number of benzene rings is 1. The van der Waals surface area contributed by atoms with Crippen molar-refractivity contribution in [3.8, 4) is 0 Å². The van der Waals surface area contributed by atoms with Crippen molar-refractivity contribution in [3.63, 3.8) is 0 Å². The summed E-state index contributed by atoms with van der Waals surface area (Å²) in [6, 6.07) is 6.88. The van der Waals surface area contributed by atoms with Crippen LogP contribution in [0.3, 0.4) is 0 Å². The van der Waals surface area contributed by atoms with Gasteiger partial charge in [0.2, 0.25) is 10.0 Å². The summed E-state index contributed by atoms with van der Waals surface area (Å²) in [6.45, 7) is 3.76.